The molecule has 6 nitrogen and oxygen atoms in total. The highest BCUT2D eigenvalue weighted by Gasteiger charge is 2.21. The molecule has 296 valence electrons. The Balaban J connectivity index is 1.12. The van der Waals surface area contributed by atoms with Crippen LogP contribution in [-0.4, -0.2) is 14.5 Å². The molecule has 0 aliphatic rings. The van der Waals surface area contributed by atoms with Crippen LogP contribution < -0.4 is 4.90 Å². The van der Waals surface area contributed by atoms with Crippen LogP contribution in [0.2, 0.25) is 0 Å². The number of aryl methyl sites for hydroxylation is 2. The van der Waals surface area contributed by atoms with Crippen LogP contribution in [0.1, 0.15) is 63.8 Å². The fourth-order valence-corrected chi connectivity index (χ4v) is 8.19. The Bertz CT molecular complexity index is 3030. The van der Waals surface area contributed by atoms with Crippen LogP contribution in [0.5, 0.6) is 0 Å². The lowest BCUT2D eigenvalue weighted by molar-refractivity contribution is 0.589. The quantitative estimate of drug-likeness (QED) is 0.168. The van der Waals surface area contributed by atoms with Crippen molar-refractivity contribution in [1.82, 2.24) is 14.5 Å². The van der Waals surface area contributed by atoms with E-state index < -0.39 is 0 Å². The van der Waals surface area contributed by atoms with Gasteiger partial charge in [0, 0.05) is 44.6 Å². The molecule has 0 amide bonds. The van der Waals surface area contributed by atoms with Gasteiger partial charge in [-0.05, 0) is 145 Å². The largest absolute Gasteiger partial charge is 0.436 e. The lowest BCUT2D eigenvalue weighted by Gasteiger charge is -2.26. The molecule has 10 aromatic rings. The molecule has 0 aliphatic heterocycles. The second-order valence-electron chi connectivity index (χ2n) is 18.2. The van der Waals surface area contributed by atoms with Crippen LogP contribution in [-0.2, 0) is 10.8 Å². The van der Waals surface area contributed by atoms with E-state index in [1.807, 2.05) is 12.1 Å². The Kier molecular flexibility index (Phi) is 8.62. The number of anilines is 3. The van der Waals surface area contributed by atoms with Gasteiger partial charge in [0.25, 0.3) is 0 Å². The van der Waals surface area contributed by atoms with Crippen molar-refractivity contribution >= 4 is 61.1 Å². The van der Waals surface area contributed by atoms with Crippen molar-refractivity contribution in [2.24, 2.45) is 0 Å². The van der Waals surface area contributed by atoms with Crippen molar-refractivity contribution in [1.29, 1.82) is 0 Å². The van der Waals surface area contributed by atoms with Crippen LogP contribution in [0.4, 0.5) is 17.1 Å². The maximum absolute atomic E-state index is 6.41. The summed E-state index contributed by atoms with van der Waals surface area (Å²) >= 11 is 0. The van der Waals surface area contributed by atoms with E-state index in [9.17, 15) is 0 Å². The molecule has 3 aromatic heterocycles. The van der Waals surface area contributed by atoms with Crippen molar-refractivity contribution in [3.63, 3.8) is 0 Å². The first-order valence-electron chi connectivity index (χ1n) is 20.7. The zero-order valence-electron chi connectivity index (χ0n) is 35.5. The van der Waals surface area contributed by atoms with Gasteiger partial charge in [0.15, 0.2) is 11.2 Å². The number of oxazole rings is 2. The number of nitrogens with zero attached hydrogens (tertiary/aromatic N) is 4. The summed E-state index contributed by atoms with van der Waals surface area (Å²) in [5.74, 6) is 1.19. The van der Waals surface area contributed by atoms with Crippen LogP contribution in [0.3, 0.4) is 0 Å². The van der Waals surface area contributed by atoms with Gasteiger partial charge in [0.2, 0.25) is 11.8 Å². The van der Waals surface area contributed by atoms with Gasteiger partial charge in [-0.15, -0.1) is 0 Å². The van der Waals surface area contributed by atoms with Gasteiger partial charge >= 0.3 is 0 Å². The van der Waals surface area contributed by atoms with Gasteiger partial charge in [0.05, 0.1) is 11.0 Å². The summed E-state index contributed by atoms with van der Waals surface area (Å²) in [6, 6.07) is 51.9. The van der Waals surface area contributed by atoms with E-state index in [-0.39, 0.29) is 10.8 Å². The van der Waals surface area contributed by atoms with Gasteiger partial charge in [-0.1, -0.05) is 89.1 Å². The highest BCUT2D eigenvalue weighted by atomic mass is 16.4. The maximum Gasteiger partial charge on any atom is 0.227 e. The highest BCUT2D eigenvalue weighted by Crippen LogP contribution is 2.40. The lowest BCUT2D eigenvalue weighted by atomic mass is 9.87. The average molecular weight is 785 g/mol. The molecule has 60 heavy (non-hydrogen) atoms. The molecule has 10 rings (SSSR count). The van der Waals surface area contributed by atoms with E-state index in [0.717, 1.165) is 77.9 Å². The Labute approximate surface area is 350 Å². The molecule has 7 aromatic carbocycles. The first-order chi connectivity index (χ1) is 28.8. The van der Waals surface area contributed by atoms with Crippen molar-refractivity contribution < 1.29 is 8.83 Å². The number of hydrogen-bond donors (Lipinski definition) is 0. The average Bonchev–Trinajstić information content (AvgIpc) is 3.95. The normalized spacial score (nSPS) is 12.3. The zero-order chi connectivity index (χ0) is 41.5. The summed E-state index contributed by atoms with van der Waals surface area (Å²) in [4.78, 5) is 12.3. The summed E-state index contributed by atoms with van der Waals surface area (Å²) in [5.41, 5.74) is 16.5. The van der Waals surface area contributed by atoms with E-state index in [1.165, 1.54) is 22.3 Å². The smallest absolute Gasteiger partial charge is 0.227 e. The number of hydrogen-bond acceptors (Lipinski definition) is 5. The third-order valence-corrected chi connectivity index (χ3v) is 11.7. The van der Waals surface area contributed by atoms with Crippen molar-refractivity contribution in [2.45, 2.75) is 66.2 Å². The SMILES string of the molecule is Cc1ccc(N(c2ccc(C)cc2)c2ccc(-n3c4ccc(-c5nc6cc(C(C)(C)C)ccc6o5)cc4c4cc(-c5nc6cc(C(C)(C)C)ccc6o5)ccc43)cc2)cc1. The van der Waals surface area contributed by atoms with E-state index in [0.29, 0.717) is 11.8 Å². The van der Waals surface area contributed by atoms with Crippen LogP contribution in [0.25, 0.3) is 72.6 Å². The Morgan fingerprint density at radius 3 is 1.25 bits per heavy atom. The van der Waals surface area contributed by atoms with Crippen LogP contribution in [0.15, 0.2) is 154 Å². The number of rotatable bonds is 6. The molecule has 0 aliphatic carbocycles. The third-order valence-electron chi connectivity index (χ3n) is 11.7. The minimum absolute atomic E-state index is 0.00710. The molecule has 0 fully saturated rings. The highest BCUT2D eigenvalue weighted by molar-refractivity contribution is 6.11. The predicted molar refractivity (Wildman–Crippen MR) is 248 cm³/mol. The molecule has 0 spiro atoms. The summed E-state index contributed by atoms with van der Waals surface area (Å²) in [6.45, 7) is 17.5. The topological polar surface area (TPSA) is 60.2 Å². The predicted octanol–water partition coefficient (Wildman–Crippen LogP) is 15.1. The molecule has 0 saturated heterocycles. The van der Waals surface area contributed by atoms with Crippen molar-refractivity contribution in [3.05, 3.63) is 168 Å². The Hall–Kier alpha value is -6.92. The van der Waals surface area contributed by atoms with E-state index in [4.69, 9.17) is 18.8 Å². The van der Waals surface area contributed by atoms with Crippen molar-refractivity contribution in [2.75, 3.05) is 4.90 Å². The molecule has 0 atom stereocenters. The molecule has 0 bridgehead atoms. The molecular formula is C54H48N4O2. The second kappa shape index (κ2) is 13.8. The van der Waals surface area contributed by atoms with Crippen LogP contribution in [0, 0.1) is 13.8 Å². The number of benzene rings is 7. The molecule has 0 N–H and O–H groups in total. The van der Waals surface area contributed by atoms with Gasteiger partial charge in [-0.25, -0.2) is 9.97 Å². The standard InChI is InChI=1S/C54H48N4O2/c1-33-9-17-39(18-10-33)57(40-19-11-34(2)12-20-40)41-21-23-42(24-22-41)58-47-25-13-35(51-55-45-31-37(53(3,4)5)15-27-49(45)59-51)29-43(47)44-30-36(14-26-48(44)58)52-56-46-32-38(54(6,7)8)16-28-50(46)60-52/h9-32H,1-8H3. The summed E-state index contributed by atoms with van der Waals surface area (Å²) in [7, 11) is 0. The minimum atomic E-state index is 0.00710. The van der Waals surface area contributed by atoms with E-state index >= 15 is 0 Å². The lowest BCUT2D eigenvalue weighted by Crippen LogP contribution is -2.10. The first kappa shape index (κ1) is 37.4. The van der Waals surface area contributed by atoms with Gasteiger partial charge in [0.1, 0.15) is 11.0 Å². The van der Waals surface area contributed by atoms with E-state index in [2.05, 4.69) is 198 Å². The molecule has 6 heteroatoms. The summed E-state index contributed by atoms with van der Waals surface area (Å²) in [5, 5.41) is 2.16. The van der Waals surface area contributed by atoms with Crippen molar-refractivity contribution in [3.8, 4) is 28.6 Å². The number of aromatic nitrogens is 3. The third kappa shape index (κ3) is 6.62. The van der Waals surface area contributed by atoms with Gasteiger partial charge < -0.3 is 18.3 Å². The molecule has 0 unspecified atom stereocenters. The fourth-order valence-electron chi connectivity index (χ4n) is 8.19. The van der Waals surface area contributed by atoms with Gasteiger partial charge in [-0.3, -0.25) is 0 Å². The Morgan fingerprint density at radius 2 is 0.850 bits per heavy atom. The Morgan fingerprint density at radius 1 is 0.450 bits per heavy atom. The maximum atomic E-state index is 6.41. The summed E-state index contributed by atoms with van der Waals surface area (Å²) in [6.07, 6.45) is 0. The fraction of sp³-hybridized carbons (Fsp3) is 0.185. The van der Waals surface area contributed by atoms with E-state index in [1.54, 1.807) is 0 Å². The minimum Gasteiger partial charge on any atom is -0.436 e. The van der Waals surface area contributed by atoms with Crippen LogP contribution >= 0.6 is 0 Å². The zero-order valence-corrected chi connectivity index (χ0v) is 35.5. The molecule has 0 saturated carbocycles. The molecule has 3 heterocycles. The monoisotopic (exact) mass is 784 g/mol. The van der Waals surface area contributed by atoms with Gasteiger partial charge in [-0.2, -0.15) is 0 Å². The summed E-state index contributed by atoms with van der Waals surface area (Å²) < 4.78 is 15.2. The first-order valence-corrected chi connectivity index (χ1v) is 20.7. The second-order valence-corrected chi connectivity index (χ2v) is 18.2. The number of fused-ring (bicyclic) bond motifs is 5. The molecule has 0 radical (unpaired) electrons. The molecular weight excluding hydrogens is 737 g/mol.